The maximum absolute atomic E-state index is 8.89. The fourth-order valence-electron chi connectivity index (χ4n) is 0. The van der Waals surface area contributed by atoms with E-state index in [0.717, 1.165) is 25.0 Å². The Hall–Kier alpha value is 1.41. The standard InChI is InChI=1S/2C2H4O2.3BrH.Co.Mn/c2*1-2(3)4;;;;;/h2*1H3,(H,3,4);3*1H;;/q;;;;;2*+2/p-4. The van der Waals surface area contributed by atoms with E-state index in [4.69, 9.17) is 19.8 Å². The zero-order valence-electron chi connectivity index (χ0n) is 6.51. The SMILES string of the molecule is Br.CC(=O)[O-].CC(=O)[O-].[Br][Co][Br].[Mn+2]. The van der Waals surface area contributed by atoms with Crippen molar-refractivity contribution in [2.75, 3.05) is 0 Å². The van der Waals surface area contributed by atoms with Crippen LogP contribution in [0.25, 0.3) is 0 Å². The summed E-state index contributed by atoms with van der Waals surface area (Å²) in [4.78, 5) is 17.8. The number of carboxylic acids is 2. The Kier molecular flexibility index (Phi) is 65.7. The van der Waals surface area contributed by atoms with Gasteiger partial charge in [0.25, 0.3) is 0 Å². The van der Waals surface area contributed by atoms with Crippen molar-refractivity contribution in [1.82, 2.24) is 0 Å². The number of hydrogen-bond acceptors (Lipinski definition) is 4. The van der Waals surface area contributed by atoms with Crippen LogP contribution in [0.15, 0.2) is 0 Å². The molecular weight excluding hydrogens is 466 g/mol. The number of halogens is 3. The summed E-state index contributed by atoms with van der Waals surface area (Å²) in [7, 11) is 0. The molecule has 0 rings (SSSR count). The van der Waals surface area contributed by atoms with Crippen molar-refractivity contribution >= 4 is 57.3 Å². The molecule has 0 aromatic carbocycles. The summed E-state index contributed by atoms with van der Waals surface area (Å²) in [6, 6.07) is 0. The Bertz CT molecular complexity index is 95.6. The quantitative estimate of drug-likeness (QED) is 0.457. The molecule has 13 heavy (non-hydrogen) atoms. The molecule has 0 bridgehead atoms. The van der Waals surface area contributed by atoms with E-state index in [1.807, 2.05) is 0 Å². The maximum Gasteiger partial charge on any atom is 2.00 e. The molecule has 1 radical (unpaired) electrons. The fourth-order valence-corrected chi connectivity index (χ4v) is 0. The first kappa shape index (κ1) is 29.3. The van der Waals surface area contributed by atoms with Gasteiger partial charge in [-0.1, -0.05) is 0 Å². The maximum atomic E-state index is 8.89. The van der Waals surface area contributed by atoms with Gasteiger partial charge in [-0.2, -0.15) is 0 Å². The van der Waals surface area contributed by atoms with E-state index in [0.29, 0.717) is 0 Å². The molecule has 0 N–H and O–H groups in total. The summed E-state index contributed by atoms with van der Waals surface area (Å²) >= 11 is 7.12. The number of aliphatic carboxylic acids is 2. The predicted molar refractivity (Wildman–Crippen MR) is 49.5 cm³/mol. The van der Waals surface area contributed by atoms with E-state index in [9.17, 15) is 0 Å². The molecule has 0 saturated carbocycles. The summed E-state index contributed by atoms with van der Waals surface area (Å²) in [5.41, 5.74) is 0. The minimum absolute atomic E-state index is 0. The van der Waals surface area contributed by atoms with Crippen LogP contribution in [0.1, 0.15) is 13.8 Å². The third-order valence-electron chi connectivity index (χ3n) is 0. The number of carboxylic acid groups (broad SMARTS) is 2. The van der Waals surface area contributed by atoms with Crippen LogP contribution in [0.2, 0.25) is 0 Å². The molecule has 0 saturated heterocycles. The Labute approximate surface area is 118 Å². The van der Waals surface area contributed by atoms with Crippen molar-refractivity contribution in [1.29, 1.82) is 0 Å². The van der Waals surface area contributed by atoms with E-state index in [-0.39, 0.29) is 34.1 Å². The summed E-state index contributed by atoms with van der Waals surface area (Å²) in [6.07, 6.45) is 0. The van der Waals surface area contributed by atoms with E-state index >= 15 is 0 Å². The monoisotopic (exact) mass is 470 g/mol. The largest absolute Gasteiger partial charge is 2.00 e. The van der Waals surface area contributed by atoms with Crippen molar-refractivity contribution in [2.24, 2.45) is 0 Å². The van der Waals surface area contributed by atoms with Crippen LogP contribution in [0.3, 0.4) is 0 Å². The fraction of sp³-hybridized carbons (Fsp3) is 0.500. The van der Waals surface area contributed by atoms with Gasteiger partial charge in [0.15, 0.2) is 0 Å². The molecule has 0 unspecified atom stereocenters. The van der Waals surface area contributed by atoms with Gasteiger partial charge in [0, 0.05) is 11.9 Å². The third-order valence-corrected chi connectivity index (χ3v) is 0. The van der Waals surface area contributed by atoms with Crippen molar-refractivity contribution < 1.29 is 48.0 Å². The van der Waals surface area contributed by atoms with Gasteiger partial charge in [0.2, 0.25) is 0 Å². The van der Waals surface area contributed by atoms with E-state index in [2.05, 4.69) is 28.3 Å². The van der Waals surface area contributed by atoms with E-state index in [1.165, 1.54) is 0 Å². The molecule has 0 aliphatic carbocycles. The number of carbonyl (C=O) groups excluding carboxylic acids is 2. The molecule has 84 valence electrons. The average Bonchev–Trinajstić information content (AvgIpc) is 1.60. The van der Waals surface area contributed by atoms with E-state index in [1.54, 1.807) is 0 Å². The Morgan fingerprint density at radius 2 is 1.08 bits per heavy atom. The zero-order valence-corrected chi connectivity index (χ0v) is 13.6. The van der Waals surface area contributed by atoms with Crippen LogP contribution < -0.4 is 10.2 Å². The number of rotatable bonds is 0. The molecule has 0 amide bonds. The Morgan fingerprint density at radius 1 is 1.08 bits per heavy atom. The Morgan fingerprint density at radius 3 is 1.08 bits per heavy atom. The second kappa shape index (κ2) is 29.2. The predicted octanol–water partition coefficient (Wildman–Crippen LogP) is -0.223. The number of carbonyl (C=O) groups is 2. The minimum atomic E-state index is -1.08. The van der Waals surface area contributed by atoms with Gasteiger partial charge in [-0.25, -0.2) is 0 Å². The third kappa shape index (κ3) is 882. The summed E-state index contributed by atoms with van der Waals surface area (Å²) in [5.74, 6) is -2.17. The van der Waals surface area contributed by atoms with E-state index < -0.39 is 11.9 Å². The van der Waals surface area contributed by atoms with Gasteiger partial charge in [-0.15, -0.1) is 17.0 Å². The van der Waals surface area contributed by atoms with Crippen LogP contribution in [0, 0.1) is 0 Å². The molecule has 9 heteroatoms. The molecule has 0 aromatic rings. The number of hydrogen-bond donors (Lipinski definition) is 0. The van der Waals surface area contributed by atoms with Crippen molar-refractivity contribution in [3.63, 3.8) is 0 Å². The van der Waals surface area contributed by atoms with Crippen molar-refractivity contribution in [3.05, 3.63) is 0 Å². The first-order chi connectivity index (χ1) is 4.88. The average molecular weight is 473 g/mol. The zero-order chi connectivity index (χ0) is 9.86. The molecule has 0 aromatic heterocycles. The van der Waals surface area contributed by atoms with Gasteiger partial charge in [-0.3, -0.25) is 0 Å². The Balaban J connectivity index is -0.0000000231. The summed E-state index contributed by atoms with van der Waals surface area (Å²) < 4.78 is 0. The summed E-state index contributed by atoms with van der Waals surface area (Å²) in [5, 5.41) is 17.8. The first-order valence-corrected chi connectivity index (χ1v) is 7.21. The molecule has 0 aliphatic rings. The molecule has 0 atom stereocenters. The summed E-state index contributed by atoms with van der Waals surface area (Å²) in [6.45, 7) is 1.94. The van der Waals surface area contributed by atoms with Gasteiger partial charge < -0.3 is 19.8 Å². The molecule has 0 aliphatic heterocycles. The first-order valence-electron chi connectivity index (χ1n) is 2.07. The van der Waals surface area contributed by atoms with Crippen LogP contribution in [-0.4, -0.2) is 11.9 Å². The van der Waals surface area contributed by atoms with Gasteiger partial charge in [0.1, 0.15) is 0 Å². The second-order valence-corrected chi connectivity index (χ2v) is 6.28. The van der Waals surface area contributed by atoms with Gasteiger partial charge in [-0.05, 0) is 13.8 Å². The molecule has 0 fully saturated rings. The smallest absolute Gasteiger partial charge is 2.00 e. The molecular formula is C4H7Br3CoMnO4. The molecule has 4 nitrogen and oxygen atoms in total. The van der Waals surface area contributed by atoms with Crippen LogP contribution in [-0.2, 0) is 37.8 Å². The van der Waals surface area contributed by atoms with Gasteiger partial charge in [0.05, 0.1) is 0 Å². The molecule has 0 spiro atoms. The topological polar surface area (TPSA) is 80.3 Å². The second-order valence-electron chi connectivity index (χ2n) is 1.03. The van der Waals surface area contributed by atoms with Gasteiger partial charge >= 0.3 is 56.5 Å². The molecule has 0 heterocycles. The van der Waals surface area contributed by atoms with Crippen molar-refractivity contribution in [3.8, 4) is 0 Å². The van der Waals surface area contributed by atoms with Crippen LogP contribution in [0.4, 0.5) is 0 Å². The normalized spacial score (nSPS) is 5.54. The minimum Gasteiger partial charge on any atom is 2.00 e. The van der Waals surface area contributed by atoms with Crippen molar-refractivity contribution in [2.45, 2.75) is 13.8 Å². The van der Waals surface area contributed by atoms with Crippen LogP contribution >= 0.6 is 45.3 Å². The van der Waals surface area contributed by atoms with Crippen LogP contribution in [0.5, 0.6) is 0 Å².